The number of aromatic nitrogens is 3. The predicted molar refractivity (Wildman–Crippen MR) is 72.4 cm³/mol. The van der Waals surface area contributed by atoms with E-state index in [1.54, 1.807) is 30.5 Å². The van der Waals surface area contributed by atoms with E-state index in [4.69, 9.17) is 21.9 Å². The van der Waals surface area contributed by atoms with Crippen LogP contribution in [0.15, 0.2) is 47.1 Å². The first-order valence-electron chi connectivity index (χ1n) is 5.54. The van der Waals surface area contributed by atoms with Gasteiger partial charge < -0.3 is 10.3 Å². The Labute approximate surface area is 114 Å². The summed E-state index contributed by atoms with van der Waals surface area (Å²) >= 11 is 5.83. The minimum absolute atomic E-state index is 0.402. The highest BCUT2D eigenvalue weighted by molar-refractivity contribution is 6.30. The number of hydrogen-bond donors (Lipinski definition) is 1. The molecule has 94 valence electrons. The van der Waals surface area contributed by atoms with E-state index >= 15 is 0 Å². The first kappa shape index (κ1) is 11.7. The van der Waals surface area contributed by atoms with Crippen LogP contribution < -0.4 is 5.73 Å². The van der Waals surface area contributed by atoms with E-state index in [0.717, 1.165) is 11.1 Å². The molecule has 0 atom stereocenters. The lowest BCUT2D eigenvalue weighted by Crippen LogP contribution is -1.89. The van der Waals surface area contributed by atoms with Crippen LogP contribution in [0.3, 0.4) is 0 Å². The van der Waals surface area contributed by atoms with Crippen LogP contribution in [0.5, 0.6) is 0 Å². The summed E-state index contributed by atoms with van der Waals surface area (Å²) in [6, 6.07) is 10.7. The average molecular weight is 273 g/mol. The van der Waals surface area contributed by atoms with E-state index < -0.39 is 0 Å². The van der Waals surface area contributed by atoms with Gasteiger partial charge in [0, 0.05) is 22.3 Å². The van der Waals surface area contributed by atoms with E-state index in [2.05, 4.69) is 15.1 Å². The molecule has 2 N–H and O–H groups in total. The monoisotopic (exact) mass is 272 g/mol. The van der Waals surface area contributed by atoms with Crippen molar-refractivity contribution in [2.45, 2.75) is 0 Å². The number of nitrogen functional groups attached to an aromatic ring is 1. The summed E-state index contributed by atoms with van der Waals surface area (Å²) in [6.45, 7) is 0. The van der Waals surface area contributed by atoms with Gasteiger partial charge in [-0.1, -0.05) is 16.8 Å². The Hall–Kier alpha value is -2.40. The van der Waals surface area contributed by atoms with Crippen molar-refractivity contribution in [3.8, 4) is 22.8 Å². The van der Waals surface area contributed by atoms with Crippen molar-refractivity contribution in [1.82, 2.24) is 15.1 Å². The molecule has 3 aromatic rings. The van der Waals surface area contributed by atoms with Crippen LogP contribution in [-0.4, -0.2) is 15.1 Å². The number of nitrogens with zero attached hydrogens (tertiary/aromatic N) is 3. The van der Waals surface area contributed by atoms with Crippen molar-refractivity contribution in [3.63, 3.8) is 0 Å². The number of halogens is 1. The minimum Gasteiger partial charge on any atom is -0.384 e. The molecule has 2 heterocycles. The SMILES string of the molecule is Nc1cc(-c2nc(-c3ccc(Cl)cc3)no2)ccn1. The topological polar surface area (TPSA) is 77.8 Å². The second-order valence-electron chi connectivity index (χ2n) is 3.90. The standard InChI is InChI=1S/C13H9ClN4O/c14-10-3-1-8(2-4-10)12-17-13(19-18-12)9-5-6-16-11(15)7-9/h1-7H,(H2,15,16). The number of nitrogens with two attached hydrogens (primary N) is 1. The Morgan fingerprint density at radius 2 is 1.84 bits per heavy atom. The molecule has 1 aromatic carbocycles. The maximum absolute atomic E-state index is 5.83. The first-order chi connectivity index (χ1) is 9.22. The van der Waals surface area contributed by atoms with E-state index in [1.165, 1.54) is 0 Å². The van der Waals surface area contributed by atoms with Crippen molar-refractivity contribution in [1.29, 1.82) is 0 Å². The number of pyridine rings is 1. The Kier molecular flexibility index (Phi) is 2.89. The molecule has 2 aromatic heterocycles. The van der Waals surface area contributed by atoms with Crippen molar-refractivity contribution in [2.75, 3.05) is 5.73 Å². The summed E-state index contributed by atoms with van der Waals surface area (Å²) < 4.78 is 5.21. The van der Waals surface area contributed by atoms with Gasteiger partial charge in [-0.2, -0.15) is 4.98 Å². The highest BCUT2D eigenvalue weighted by Crippen LogP contribution is 2.23. The van der Waals surface area contributed by atoms with Crippen LogP contribution >= 0.6 is 11.6 Å². The lowest BCUT2D eigenvalue weighted by atomic mass is 10.2. The van der Waals surface area contributed by atoms with Crippen molar-refractivity contribution in [2.24, 2.45) is 0 Å². The van der Waals surface area contributed by atoms with Gasteiger partial charge in [0.1, 0.15) is 5.82 Å². The van der Waals surface area contributed by atoms with Gasteiger partial charge in [-0.25, -0.2) is 4.98 Å². The second kappa shape index (κ2) is 4.70. The molecule has 0 saturated carbocycles. The van der Waals surface area contributed by atoms with Gasteiger partial charge in [0.05, 0.1) is 0 Å². The summed E-state index contributed by atoms with van der Waals surface area (Å²) in [4.78, 5) is 8.23. The quantitative estimate of drug-likeness (QED) is 0.776. The zero-order valence-electron chi connectivity index (χ0n) is 9.75. The van der Waals surface area contributed by atoms with Gasteiger partial charge in [-0.05, 0) is 36.4 Å². The fraction of sp³-hybridized carbons (Fsp3) is 0. The van der Waals surface area contributed by atoms with Crippen molar-refractivity contribution < 1.29 is 4.52 Å². The molecule has 0 radical (unpaired) electrons. The van der Waals surface area contributed by atoms with Gasteiger partial charge >= 0.3 is 0 Å². The largest absolute Gasteiger partial charge is 0.384 e. The van der Waals surface area contributed by atoms with Crippen LogP contribution in [0.25, 0.3) is 22.8 Å². The molecule has 0 aliphatic carbocycles. The molecule has 0 fully saturated rings. The van der Waals surface area contributed by atoms with Gasteiger partial charge in [-0.3, -0.25) is 0 Å². The van der Waals surface area contributed by atoms with E-state index in [1.807, 2.05) is 12.1 Å². The normalized spacial score (nSPS) is 10.6. The van der Waals surface area contributed by atoms with Crippen LogP contribution in [0.4, 0.5) is 5.82 Å². The summed E-state index contributed by atoms with van der Waals surface area (Å²) in [5, 5.41) is 4.59. The fourth-order valence-electron chi connectivity index (χ4n) is 1.64. The smallest absolute Gasteiger partial charge is 0.258 e. The van der Waals surface area contributed by atoms with Crippen molar-refractivity contribution in [3.05, 3.63) is 47.6 Å². The average Bonchev–Trinajstić information content (AvgIpc) is 2.89. The third-order valence-electron chi connectivity index (χ3n) is 2.56. The lowest BCUT2D eigenvalue weighted by molar-refractivity contribution is 0.432. The molecule has 0 saturated heterocycles. The van der Waals surface area contributed by atoms with E-state index in [9.17, 15) is 0 Å². The highest BCUT2D eigenvalue weighted by Gasteiger charge is 2.10. The molecule has 0 bridgehead atoms. The van der Waals surface area contributed by atoms with Crippen molar-refractivity contribution >= 4 is 17.4 Å². The molecule has 0 spiro atoms. The summed E-state index contributed by atoms with van der Waals surface area (Å²) in [6.07, 6.45) is 1.59. The van der Waals surface area contributed by atoms with Gasteiger partial charge in [0.15, 0.2) is 0 Å². The number of benzene rings is 1. The van der Waals surface area contributed by atoms with Crippen LogP contribution in [0, 0.1) is 0 Å². The molecular formula is C13H9ClN4O. The van der Waals surface area contributed by atoms with Crippen LogP contribution in [-0.2, 0) is 0 Å². The molecule has 19 heavy (non-hydrogen) atoms. The highest BCUT2D eigenvalue weighted by atomic mass is 35.5. The molecule has 5 nitrogen and oxygen atoms in total. The molecule has 6 heteroatoms. The van der Waals surface area contributed by atoms with Gasteiger partial charge in [0.2, 0.25) is 5.82 Å². The molecule has 0 aliphatic rings. The predicted octanol–water partition coefficient (Wildman–Crippen LogP) is 3.03. The third kappa shape index (κ3) is 2.41. The third-order valence-corrected chi connectivity index (χ3v) is 2.81. The Balaban J connectivity index is 1.97. The number of anilines is 1. The minimum atomic E-state index is 0.402. The van der Waals surface area contributed by atoms with Crippen LogP contribution in [0.1, 0.15) is 0 Å². The van der Waals surface area contributed by atoms with E-state index in [-0.39, 0.29) is 0 Å². The molecule has 0 amide bonds. The summed E-state index contributed by atoms with van der Waals surface area (Å²) in [7, 11) is 0. The van der Waals surface area contributed by atoms with Crippen LogP contribution in [0.2, 0.25) is 5.02 Å². The summed E-state index contributed by atoms with van der Waals surface area (Å²) in [5.41, 5.74) is 7.19. The Morgan fingerprint density at radius 3 is 2.58 bits per heavy atom. The number of hydrogen-bond acceptors (Lipinski definition) is 5. The number of rotatable bonds is 2. The molecule has 0 unspecified atom stereocenters. The fourth-order valence-corrected chi connectivity index (χ4v) is 1.76. The maximum atomic E-state index is 5.83. The van der Waals surface area contributed by atoms with Gasteiger partial charge in [-0.15, -0.1) is 0 Å². The maximum Gasteiger partial charge on any atom is 0.258 e. The zero-order chi connectivity index (χ0) is 13.2. The molecule has 3 rings (SSSR count). The van der Waals surface area contributed by atoms with E-state index in [0.29, 0.717) is 22.6 Å². The lowest BCUT2D eigenvalue weighted by Gasteiger charge is -1.95. The second-order valence-corrected chi connectivity index (χ2v) is 4.34. The first-order valence-corrected chi connectivity index (χ1v) is 5.92. The molecule has 0 aliphatic heterocycles. The Bertz CT molecular complexity index is 709. The summed E-state index contributed by atoms with van der Waals surface area (Å²) in [5.74, 6) is 1.31. The Morgan fingerprint density at radius 1 is 1.05 bits per heavy atom. The zero-order valence-corrected chi connectivity index (χ0v) is 10.5. The molecular weight excluding hydrogens is 264 g/mol. The van der Waals surface area contributed by atoms with Gasteiger partial charge in [0.25, 0.3) is 5.89 Å².